The molecular formula is C22H33Cl3SiTi. The molecule has 1 aromatic carbocycles. The van der Waals surface area contributed by atoms with Crippen LogP contribution in [0.5, 0.6) is 0 Å². The Morgan fingerprint density at radius 1 is 0.963 bits per heavy atom. The van der Waals surface area contributed by atoms with Crippen LogP contribution in [-0.4, -0.2) is 8.07 Å². The molecule has 0 radical (unpaired) electrons. The second-order valence-electron chi connectivity index (χ2n) is 7.44. The van der Waals surface area contributed by atoms with Gasteiger partial charge in [-0.15, -0.1) is 6.42 Å². The van der Waals surface area contributed by atoms with E-state index in [9.17, 15) is 0 Å². The Morgan fingerprint density at radius 2 is 1.52 bits per heavy atom. The Labute approximate surface area is 202 Å². The molecule has 0 amide bonds. The number of benzene rings is 1. The molecule has 1 atom stereocenters. The van der Waals surface area contributed by atoms with E-state index in [0.29, 0.717) is 0 Å². The van der Waals surface area contributed by atoms with Crippen molar-refractivity contribution in [1.82, 2.24) is 0 Å². The molecule has 0 heterocycles. The van der Waals surface area contributed by atoms with Crippen molar-refractivity contribution in [3.8, 4) is 0 Å². The molecule has 0 nitrogen and oxygen atoms in total. The normalized spacial score (nSPS) is 14.4. The molecule has 0 saturated heterocycles. The molecule has 5 heteroatoms. The first kappa shape index (κ1) is 32.2. The maximum Gasteiger partial charge on any atom is 4.00 e. The second kappa shape index (κ2) is 14.5. The van der Waals surface area contributed by atoms with Gasteiger partial charge in [-0.1, -0.05) is 86.1 Å². The molecule has 0 aromatic heterocycles. The molecule has 27 heavy (non-hydrogen) atoms. The Hall–Kier alpha value is 0.501. The van der Waals surface area contributed by atoms with Crippen LogP contribution in [0.25, 0.3) is 0 Å². The van der Waals surface area contributed by atoms with E-state index < -0.39 is 8.07 Å². The van der Waals surface area contributed by atoms with Gasteiger partial charge in [0.2, 0.25) is 0 Å². The van der Waals surface area contributed by atoms with Crippen LogP contribution in [0.1, 0.15) is 62.6 Å². The number of hydrogen-bond acceptors (Lipinski definition) is 0. The van der Waals surface area contributed by atoms with E-state index in [1.165, 1.54) is 54.0 Å². The average Bonchev–Trinajstić information content (AvgIpc) is 2.93. The molecule has 0 spiro atoms. The maximum absolute atomic E-state index is 3.67. The number of allylic oxidation sites excluding steroid dienone is 4. The van der Waals surface area contributed by atoms with Crippen molar-refractivity contribution in [3.05, 3.63) is 51.7 Å². The first-order valence-corrected chi connectivity index (χ1v) is 12.0. The third kappa shape index (κ3) is 7.36. The number of rotatable bonds is 7. The van der Waals surface area contributed by atoms with Gasteiger partial charge >= 0.3 is 21.7 Å². The van der Waals surface area contributed by atoms with Gasteiger partial charge in [-0.2, -0.15) is 11.3 Å². The first-order valence-electron chi connectivity index (χ1n) is 9.33. The van der Waals surface area contributed by atoms with Crippen LogP contribution in [0.15, 0.2) is 29.0 Å². The van der Waals surface area contributed by atoms with Crippen LogP contribution in [-0.2, 0) is 21.7 Å². The topological polar surface area (TPSA) is 0 Å². The quantitative estimate of drug-likeness (QED) is 0.291. The predicted molar refractivity (Wildman–Crippen MR) is 106 cm³/mol. The van der Waals surface area contributed by atoms with Gasteiger partial charge in [0.1, 0.15) is 0 Å². The molecule has 1 aromatic rings. The molecule has 0 aliphatic heterocycles. The van der Waals surface area contributed by atoms with Crippen LogP contribution in [0.2, 0.25) is 12.6 Å². The number of hydrogen-bond donors (Lipinski definition) is 0. The monoisotopic (exact) mass is 478 g/mol. The summed E-state index contributed by atoms with van der Waals surface area (Å²) in [6, 6.07) is 6.15. The van der Waals surface area contributed by atoms with Crippen LogP contribution < -0.4 is 42.4 Å². The zero-order chi connectivity index (χ0) is 17.0. The fourth-order valence-corrected chi connectivity index (χ4v) is 9.67. The van der Waals surface area contributed by atoms with E-state index in [1.807, 2.05) is 0 Å². The van der Waals surface area contributed by atoms with Crippen LogP contribution in [0.3, 0.4) is 0 Å². The molecule has 0 bridgehead atoms. The van der Waals surface area contributed by atoms with E-state index >= 15 is 0 Å². The van der Waals surface area contributed by atoms with E-state index in [-0.39, 0.29) is 58.9 Å². The summed E-state index contributed by atoms with van der Waals surface area (Å²) in [4.78, 5) is 0. The number of halogens is 3. The molecular weight excluding hydrogens is 447 g/mol. The molecule has 1 unspecified atom stereocenters. The van der Waals surface area contributed by atoms with Crippen molar-refractivity contribution in [2.45, 2.75) is 79.3 Å². The fourth-order valence-electron chi connectivity index (χ4n) is 4.50. The zero-order valence-corrected chi connectivity index (χ0v) is 22.4. The first-order chi connectivity index (χ1) is 10.9. The molecule has 0 fully saturated rings. The largest absolute Gasteiger partial charge is 4.00 e. The van der Waals surface area contributed by atoms with Crippen LogP contribution in [0.4, 0.5) is 0 Å². The van der Waals surface area contributed by atoms with Crippen molar-refractivity contribution >= 4 is 13.3 Å². The third-order valence-electron chi connectivity index (χ3n) is 5.30. The zero-order valence-electron chi connectivity index (χ0n) is 17.6. The van der Waals surface area contributed by atoms with Gasteiger partial charge in [0.15, 0.2) is 0 Å². The Bertz CT molecular complexity index is 617. The average molecular weight is 480 g/mol. The van der Waals surface area contributed by atoms with Gasteiger partial charge in [-0.3, -0.25) is 6.08 Å². The summed E-state index contributed by atoms with van der Waals surface area (Å²) in [6.07, 6.45) is 12.3. The minimum absolute atomic E-state index is 0. The van der Waals surface area contributed by atoms with Gasteiger partial charge < -0.3 is 37.2 Å². The fraction of sp³-hybridized carbons (Fsp3) is 0.545. The summed E-state index contributed by atoms with van der Waals surface area (Å²) in [5.41, 5.74) is 5.96. The van der Waals surface area contributed by atoms with E-state index in [2.05, 4.69) is 65.5 Å². The van der Waals surface area contributed by atoms with Crippen LogP contribution >= 0.6 is 0 Å². The van der Waals surface area contributed by atoms with Crippen molar-refractivity contribution in [3.63, 3.8) is 0 Å². The number of aryl methyl sites for hydroxylation is 3. The van der Waals surface area contributed by atoms with E-state index in [1.54, 1.807) is 10.4 Å². The van der Waals surface area contributed by atoms with E-state index in [4.69, 9.17) is 0 Å². The van der Waals surface area contributed by atoms with Gasteiger partial charge in [0, 0.05) is 8.07 Å². The molecule has 0 saturated carbocycles. The summed E-state index contributed by atoms with van der Waals surface area (Å²) in [5.74, 6) is 0. The van der Waals surface area contributed by atoms with Crippen molar-refractivity contribution in [2.75, 3.05) is 0 Å². The SMILES string of the molecule is CCCC[Si](C)(C1=CC[C-]=C1CCC)c1c(C)cc(C)cc1C.[Cl-].[Cl-].[Cl-].[Ti+4]. The van der Waals surface area contributed by atoms with Crippen LogP contribution in [0, 0.1) is 26.8 Å². The standard InChI is InChI=1S/C22H33Si.3ClH.Ti/c1-7-9-14-23(6,21-13-10-12-20(21)11-8-2)22-18(4)15-17(3)16-19(22)5;;;;/h13,15-16H,7-11,14H2,1-6H3;3*1H;/q-1;;;;+4/p-3. The van der Waals surface area contributed by atoms with Crippen molar-refractivity contribution in [1.29, 1.82) is 0 Å². The van der Waals surface area contributed by atoms with Gasteiger partial charge in [-0.05, 0) is 20.8 Å². The molecule has 2 rings (SSSR count). The summed E-state index contributed by atoms with van der Waals surface area (Å²) >= 11 is 0. The Morgan fingerprint density at radius 3 is 2.00 bits per heavy atom. The van der Waals surface area contributed by atoms with Gasteiger partial charge in [-0.25, -0.2) is 5.57 Å². The summed E-state index contributed by atoms with van der Waals surface area (Å²) in [7, 11) is -1.66. The summed E-state index contributed by atoms with van der Waals surface area (Å²) in [5, 5.41) is 3.39. The Kier molecular flexibility index (Phi) is 17.3. The second-order valence-corrected chi connectivity index (χ2v) is 11.6. The minimum Gasteiger partial charge on any atom is -1.00 e. The van der Waals surface area contributed by atoms with Gasteiger partial charge in [0.05, 0.1) is 0 Å². The van der Waals surface area contributed by atoms with Gasteiger partial charge in [0.25, 0.3) is 0 Å². The third-order valence-corrected chi connectivity index (χ3v) is 10.2. The van der Waals surface area contributed by atoms with Crippen molar-refractivity contribution in [2.24, 2.45) is 0 Å². The number of unbranched alkanes of at least 4 members (excludes halogenated alkanes) is 1. The Balaban J connectivity index is -0.00000144. The predicted octanol–water partition coefficient (Wildman–Crippen LogP) is -2.89. The van der Waals surface area contributed by atoms with E-state index in [0.717, 1.165) is 6.42 Å². The van der Waals surface area contributed by atoms with Crippen molar-refractivity contribution < 1.29 is 58.9 Å². The molecule has 1 aliphatic carbocycles. The smallest absolute Gasteiger partial charge is 1.00 e. The molecule has 0 N–H and O–H groups in total. The summed E-state index contributed by atoms with van der Waals surface area (Å²) < 4.78 is 0. The molecule has 150 valence electrons. The molecule has 1 aliphatic rings. The summed E-state index contributed by atoms with van der Waals surface area (Å²) in [6.45, 7) is 14.1. The minimum atomic E-state index is -1.66. The maximum atomic E-state index is 3.67.